The molecule has 0 atom stereocenters. The maximum Gasteiger partial charge on any atom is 0.164 e. The monoisotopic (exact) mass is 666 g/mol. The number of aromatic nitrogens is 4. The molecule has 0 aliphatic rings. The minimum absolute atomic E-state index is 0.644. The Kier molecular flexibility index (Phi) is 8.11. The van der Waals surface area contributed by atoms with Gasteiger partial charge >= 0.3 is 0 Å². The summed E-state index contributed by atoms with van der Waals surface area (Å²) >= 11 is 0. The van der Waals surface area contributed by atoms with Gasteiger partial charge in [0.15, 0.2) is 17.5 Å². The molecule has 2 heterocycles. The second kappa shape index (κ2) is 13.5. The van der Waals surface area contributed by atoms with Crippen LogP contribution in [0.4, 0.5) is 0 Å². The van der Waals surface area contributed by atoms with Crippen LogP contribution in [0, 0.1) is 6.92 Å². The number of rotatable bonds is 7. The second-order valence-corrected chi connectivity index (χ2v) is 13.2. The molecule has 52 heavy (non-hydrogen) atoms. The zero-order chi connectivity index (χ0) is 34.9. The van der Waals surface area contributed by atoms with E-state index in [2.05, 4.69) is 109 Å². The molecule has 0 saturated heterocycles. The van der Waals surface area contributed by atoms with Crippen molar-refractivity contribution >= 4 is 21.5 Å². The average Bonchev–Trinajstić information content (AvgIpc) is 3.22. The van der Waals surface area contributed by atoms with Gasteiger partial charge in [-0.05, 0) is 74.0 Å². The van der Waals surface area contributed by atoms with E-state index in [4.69, 9.17) is 15.0 Å². The molecule has 0 saturated carbocycles. The average molecular weight is 667 g/mol. The lowest BCUT2D eigenvalue weighted by molar-refractivity contribution is 1.07. The lowest BCUT2D eigenvalue weighted by atomic mass is 9.84. The number of pyridine rings is 1. The summed E-state index contributed by atoms with van der Waals surface area (Å²) in [6.07, 6.45) is 4.61. The molecular formula is C48H34N4. The van der Waals surface area contributed by atoms with Crippen LogP contribution in [0.25, 0.3) is 78.0 Å². The Morgan fingerprint density at radius 3 is 1.52 bits per heavy atom. The Hall–Kier alpha value is -6.78. The topological polar surface area (TPSA) is 51.6 Å². The highest BCUT2D eigenvalue weighted by Gasteiger charge is 2.18. The van der Waals surface area contributed by atoms with Crippen LogP contribution in [-0.4, -0.2) is 19.9 Å². The van der Waals surface area contributed by atoms with Crippen molar-refractivity contribution in [2.75, 3.05) is 0 Å². The summed E-state index contributed by atoms with van der Waals surface area (Å²) in [6, 6.07) is 57.5. The maximum atomic E-state index is 4.94. The Bertz CT molecular complexity index is 2620. The van der Waals surface area contributed by atoms with Gasteiger partial charge in [0, 0.05) is 35.5 Å². The molecule has 9 rings (SSSR count). The quantitative estimate of drug-likeness (QED) is 0.159. The van der Waals surface area contributed by atoms with Crippen molar-refractivity contribution in [1.82, 2.24) is 19.9 Å². The van der Waals surface area contributed by atoms with Crippen molar-refractivity contribution in [3.63, 3.8) is 0 Å². The Balaban J connectivity index is 1.19. The van der Waals surface area contributed by atoms with Crippen LogP contribution < -0.4 is 0 Å². The molecule has 246 valence electrons. The van der Waals surface area contributed by atoms with Crippen LogP contribution in [0.2, 0.25) is 0 Å². The zero-order valence-electron chi connectivity index (χ0n) is 28.7. The Labute approximate surface area is 303 Å². The SMILES string of the molecule is Cc1ccc2c(c1)c(Cc1cccnc1)c(-c1ccccc1)c1cc(-c3ccc(-c4nc(-c5ccccc5)nc(-c5ccccc5)n4)cc3)ccc12. The molecule has 4 nitrogen and oxygen atoms in total. The van der Waals surface area contributed by atoms with Crippen LogP contribution in [-0.2, 0) is 6.42 Å². The van der Waals surface area contributed by atoms with E-state index in [1.807, 2.05) is 79.1 Å². The van der Waals surface area contributed by atoms with E-state index in [-0.39, 0.29) is 0 Å². The van der Waals surface area contributed by atoms with Crippen molar-refractivity contribution in [3.05, 3.63) is 193 Å². The van der Waals surface area contributed by atoms with Gasteiger partial charge in [-0.1, -0.05) is 157 Å². The van der Waals surface area contributed by atoms with Crippen molar-refractivity contribution in [2.24, 2.45) is 0 Å². The molecule has 0 unspecified atom stereocenters. The lowest BCUT2D eigenvalue weighted by Gasteiger charge is -2.19. The molecule has 0 N–H and O–H groups in total. The van der Waals surface area contributed by atoms with Gasteiger partial charge in [0.25, 0.3) is 0 Å². The Morgan fingerprint density at radius 2 is 0.923 bits per heavy atom. The summed E-state index contributed by atoms with van der Waals surface area (Å²) < 4.78 is 0. The molecule has 7 aromatic carbocycles. The molecular weight excluding hydrogens is 633 g/mol. The van der Waals surface area contributed by atoms with Crippen molar-refractivity contribution in [2.45, 2.75) is 13.3 Å². The van der Waals surface area contributed by atoms with E-state index in [9.17, 15) is 0 Å². The molecule has 9 aromatic rings. The molecule has 2 aromatic heterocycles. The van der Waals surface area contributed by atoms with E-state index >= 15 is 0 Å². The van der Waals surface area contributed by atoms with E-state index < -0.39 is 0 Å². The maximum absolute atomic E-state index is 4.94. The number of nitrogens with zero attached hydrogens (tertiary/aromatic N) is 4. The van der Waals surface area contributed by atoms with Crippen LogP contribution in [0.3, 0.4) is 0 Å². The number of hydrogen-bond acceptors (Lipinski definition) is 4. The standard InChI is InChI=1S/C48H34N4/c1-32-19-25-40-41-26-24-39(30-44(41)45(35-13-5-2-6-14-35)43(42(40)28-32)29-33-12-11-27-49-31-33)34-20-22-38(23-21-34)48-51-46(36-15-7-3-8-16-36)50-47(52-48)37-17-9-4-10-18-37/h2-28,30-31H,29H2,1H3. The zero-order valence-corrected chi connectivity index (χ0v) is 28.7. The number of benzene rings is 7. The van der Waals surface area contributed by atoms with Crippen LogP contribution in [0.5, 0.6) is 0 Å². The number of fused-ring (bicyclic) bond motifs is 3. The van der Waals surface area contributed by atoms with Crippen LogP contribution in [0.15, 0.2) is 176 Å². The first-order chi connectivity index (χ1) is 25.7. The highest BCUT2D eigenvalue weighted by atomic mass is 15.0. The third kappa shape index (κ3) is 6.01. The summed E-state index contributed by atoms with van der Waals surface area (Å²) in [5.41, 5.74) is 11.4. The molecule has 0 aliphatic heterocycles. The van der Waals surface area contributed by atoms with Gasteiger partial charge in [0.2, 0.25) is 0 Å². The molecule has 0 spiro atoms. The third-order valence-electron chi connectivity index (χ3n) is 9.72. The van der Waals surface area contributed by atoms with Crippen molar-refractivity contribution in [3.8, 4) is 56.4 Å². The molecule has 0 fully saturated rings. The van der Waals surface area contributed by atoms with E-state index in [1.165, 1.54) is 49.4 Å². The summed E-state index contributed by atoms with van der Waals surface area (Å²) in [5.74, 6) is 1.95. The van der Waals surface area contributed by atoms with Crippen LogP contribution >= 0.6 is 0 Å². The molecule has 0 aliphatic carbocycles. The van der Waals surface area contributed by atoms with E-state index in [0.29, 0.717) is 17.5 Å². The molecule has 0 bridgehead atoms. The lowest BCUT2D eigenvalue weighted by Crippen LogP contribution is -2.00. The fourth-order valence-corrected chi connectivity index (χ4v) is 7.18. The second-order valence-electron chi connectivity index (χ2n) is 13.2. The Morgan fingerprint density at radius 1 is 0.404 bits per heavy atom. The smallest absolute Gasteiger partial charge is 0.164 e. The van der Waals surface area contributed by atoms with E-state index in [1.54, 1.807) is 0 Å². The summed E-state index contributed by atoms with van der Waals surface area (Å²) in [5, 5.41) is 5.03. The predicted molar refractivity (Wildman–Crippen MR) is 214 cm³/mol. The van der Waals surface area contributed by atoms with Gasteiger partial charge in [-0.2, -0.15) is 0 Å². The summed E-state index contributed by atoms with van der Waals surface area (Å²) in [6.45, 7) is 2.17. The number of aryl methyl sites for hydroxylation is 1. The van der Waals surface area contributed by atoms with E-state index in [0.717, 1.165) is 34.2 Å². The van der Waals surface area contributed by atoms with Crippen molar-refractivity contribution < 1.29 is 0 Å². The minimum Gasteiger partial charge on any atom is -0.264 e. The van der Waals surface area contributed by atoms with Gasteiger partial charge in [-0.15, -0.1) is 0 Å². The fraction of sp³-hybridized carbons (Fsp3) is 0.0417. The van der Waals surface area contributed by atoms with Gasteiger partial charge in [0.1, 0.15) is 0 Å². The first-order valence-electron chi connectivity index (χ1n) is 17.6. The summed E-state index contributed by atoms with van der Waals surface area (Å²) in [7, 11) is 0. The van der Waals surface area contributed by atoms with Gasteiger partial charge in [-0.25, -0.2) is 15.0 Å². The molecule has 4 heteroatoms. The molecule has 0 radical (unpaired) electrons. The normalized spacial score (nSPS) is 11.2. The number of hydrogen-bond donors (Lipinski definition) is 0. The predicted octanol–water partition coefficient (Wildman–Crippen LogP) is 11.8. The summed E-state index contributed by atoms with van der Waals surface area (Å²) in [4.78, 5) is 19.2. The first kappa shape index (κ1) is 31.2. The highest BCUT2D eigenvalue weighted by molar-refractivity contribution is 6.17. The highest BCUT2D eigenvalue weighted by Crippen LogP contribution is 2.42. The first-order valence-corrected chi connectivity index (χ1v) is 17.6. The van der Waals surface area contributed by atoms with Gasteiger partial charge < -0.3 is 0 Å². The van der Waals surface area contributed by atoms with Gasteiger partial charge in [-0.3, -0.25) is 4.98 Å². The molecule has 0 amide bonds. The van der Waals surface area contributed by atoms with Gasteiger partial charge in [0.05, 0.1) is 0 Å². The van der Waals surface area contributed by atoms with Crippen LogP contribution in [0.1, 0.15) is 16.7 Å². The minimum atomic E-state index is 0.644. The van der Waals surface area contributed by atoms with Crippen molar-refractivity contribution in [1.29, 1.82) is 0 Å². The fourth-order valence-electron chi connectivity index (χ4n) is 7.18. The third-order valence-corrected chi connectivity index (χ3v) is 9.72. The largest absolute Gasteiger partial charge is 0.264 e.